The van der Waals surface area contributed by atoms with Gasteiger partial charge in [0.1, 0.15) is 0 Å². The first-order valence-corrected chi connectivity index (χ1v) is 7.15. The Balaban J connectivity index is 0.00000180. The SMILES string of the molecule is CC1CN(C(=O)c2ccc(Br)c(Cl)c2)CC(C)N1.Cl. The maximum Gasteiger partial charge on any atom is 0.254 e. The molecule has 6 heteroatoms. The van der Waals surface area contributed by atoms with E-state index in [1.54, 1.807) is 12.1 Å². The Morgan fingerprint density at radius 3 is 2.47 bits per heavy atom. The highest BCUT2D eigenvalue weighted by Gasteiger charge is 2.25. The van der Waals surface area contributed by atoms with Crippen molar-refractivity contribution in [1.82, 2.24) is 10.2 Å². The van der Waals surface area contributed by atoms with Crippen molar-refractivity contribution in [2.24, 2.45) is 0 Å². The number of benzene rings is 1. The summed E-state index contributed by atoms with van der Waals surface area (Å²) in [7, 11) is 0. The fourth-order valence-electron chi connectivity index (χ4n) is 2.30. The molecule has 1 aromatic carbocycles. The van der Waals surface area contributed by atoms with E-state index >= 15 is 0 Å². The van der Waals surface area contributed by atoms with Gasteiger partial charge in [0.05, 0.1) is 5.02 Å². The number of hydrogen-bond donors (Lipinski definition) is 1. The average Bonchev–Trinajstić information content (AvgIpc) is 2.30. The monoisotopic (exact) mass is 366 g/mol. The van der Waals surface area contributed by atoms with Crippen LogP contribution in [0.1, 0.15) is 24.2 Å². The second-order valence-corrected chi connectivity index (χ2v) is 6.07. The van der Waals surface area contributed by atoms with Gasteiger partial charge in [0.2, 0.25) is 0 Å². The Labute approximate surface area is 133 Å². The largest absolute Gasteiger partial charge is 0.336 e. The highest BCUT2D eigenvalue weighted by Crippen LogP contribution is 2.24. The van der Waals surface area contributed by atoms with Crippen LogP contribution in [0.25, 0.3) is 0 Å². The zero-order valence-corrected chi connectivity index (χ0v) is 14.0. The van der Waals surface area contributed by atoms with Crippen molar-refractivity contribution >= 4 is 45.8 Å². The minimum absolute atomic E-state index is 0. The predicted molar refractivity (Wildman–Crippen MR) is 84.4 cm³/mol. The highest BCUT2D eigenvalue weighted by molar-refractivity contribution is 9.10. The number of piperazine rings is 1. The normalized spacial score (nSPS) is 22.8. The van der Waals surface area contributed by atoms with Gasteiger partial charge in [-0.05, 0) is 48.0 Å². The number of rotatable bonds is 1. The van der Waals surface area contributed by atoms with Crippen molar-refractivity contribution in [2.45, 2.75) is 25.9 Å². The Kier molecular flexibility index (Phi) is 6.12. The Morgan fingerprint density at radius 2 is 1.95 bits per heavy atom. The lowest BCUT2D eigenvalue weighted by Crippen LogP contribution is -2.55. The lowest BCUT2D eigenvalue weighted by Gasteiger charge is -2.36. The fourth-order valence-corrected chi connectivity index (χ4v) is 2.73. The lowest BCUT2D eigenvalue weighted by atomic mass is 10.1. The molecule has 106 valence electrons. The third kappa shape index (κ3) is 4.09. The van der Waals surface area contributed by atoms with E-state index in [4.69, 9.17) is 11.6 Å². The summed E-state index contributed by atoms with van der Waals surface area (Å²) in [5.74, 6) is 0.0459. The summed E-state index contributed by atoms with van der Waals surface area (Å²) in [5.41, 5.74) is 0.643. The van der Waals surface area contributed by atoms with Crippen molar-refractivity contribution in [1.29, 1.82) is 0 Å². The molecule has 0 aromatic heterocycles. The van der Waals surface area contributed by atoms with Crippen LogP contribution in [0.3, 0.4) is 0 Å². The van der Waals surface area contributed by atoms with Crippen LogP contribution in [-0.2, 0) is 0 Å². The molecule has 1 fully saturated rings. The van der Waals surface area contributed by atoms with Gasteiger partial charge in [0.15, 0.2) is 0 Å². The third-order valence-electron chi connectivity index (χ3n) is 3.01. The smallest absolute Gasteiger partial charge is 0.254 e. The summed E-state index contributed by atoms with van der Waals surface area (Å²) in [5, 5.41) is 3.98. The molecule has 1 aliphatic heterocycles. The van der Waals surface area contributed by atoms with E-state index in [0.29, 0.717) is 22.7 Å². The molecule has 0 spiro atoms. The number of carbonyl (C=O) groups excluding carboxylic acids is 1. The summed E-state index contributed by atoms with van der Waals surface area (Å²) in [6.07, 6.45) is 0. The molecule has 0 radical (unpaired) electrons. The Morgan fingerprint density at radius 1 is 1.37 bits per heavy atom. The molecular formula is C13H17BrCl2N2O. The maximum absolute atomic E-state index is 12.4. The van der Waals surface area contributed by atoms with E-state index in [0.717, 1.165) is 17.6 Å². The van der Waals surface area contributed by atoms with Crippen LogP contribution >= 0.6 is 39.9 Å². The second-order valence-electron chi connectivity index (χ2n) is 4.81. The van der Waals surface area contributed by atoms with Gasteiger partial charge < -0.3 is 10.2 Å². The third-order valence-corrected chi connectivity index (χ3v) is 4.24. The van der Waals surface area contributed by atoms with Gasteiger partial charge in [0, 0.05) is 35.2 Å². The van der Waals surface area contributed by atoms with Gasteiger partial charge in [-0.3, -0.25) is 4.79 Å². The standard InChI is InChI=1S/C13H16BrClN2O.ClH/c1-8-6-17(7-9(2)16-8)13(18)10-3-4-11(14)12(15)5-10;/h3-5,8-9,16H,6-7H2,1-2H3;1H. The van der Waals surface area contributed by atoms with Gasteiger partial charge in [-0.15, -0.1) is 12.4 Å². The molecule has 2 unspecified atom stereocenters. The van der Waals surface area contributed by atoms with Crippen LogP contribution in [0, 0.1) is 0 Å². The van der Waals surface area contributed by atoms with Crippen molar-refractivity contribution in [3.8, 4) is 0 Å². The molecule has 2 rings (SSSR count). The van der Waals surface area contributed by atoms with Crippen molar-refractivity contribution in [3.63, 3.8) is 0 Å². The predicted octanol–water partition coefficient (Wildman–Crippen LogP) is 3.35. The first-order chi connectivity index (χ1) is 8.47. The number of carbonyl (C=O) groups is 1. The topological polar surface area (TPSA) is 32.3 Å². The van der Waals surface area contributed by atoms with E-state index in [1.807, 2.05) is 11.0 Å². The molecular weight excluding hydrogens is 351 g/mol. The molecule has 0 bridgehead atoms. The van der Waals surface area contributed by atoms with Gasteiger partial charge in [-0.25, -0.2) is 0 Å². The molecule has 1 saturated heterocycles. The molecule has 1 amide bonds. The van der Waals surface area contributed by atoms with E-state index in [2.05, 4.69) is 35.1 Å². The molecule has 1 heterocycles. The summed E-state index contributed by atoms with van der Waals surface area (Å²) in [4.78, 5) is 14.3. The number of amides is 1. The maximum atomic E-state index is 12.4. The summed E-state index contributed by atoms with van der Waals surface area (Å²) >= 11 is 9.35. The van der Waals surface area contributed by atoms with Crippen LogP contribution in [0.15, 0.2) is 22.7 Å². The van der Waals surface area contributed by atoms with E-state index in [-0.39, 0.29) is 18.3 Å². The zero-order valence-electron chi connectivity index (χ0n) is 10.8. The second kappa shape index (κ2) is 6.93. The van der Waals surface area contributed by atoms with Crippen LogP contribution in [0.5, 0.6) is 0 Å². The van der Waals surface area contributed by atoms with Gasteiger partial charge in [0.25, 0.3) is 5.91 Å². The van der Waals surface area contributed by atoms with Gasteiger partial charge >= 0.3 is 0 Å². The van der Waals surface area contributed by atoms with Crippen molar-refractivity contribution in [2.75, 3.05) is 13.1 Å². The molecule has 0 saturated carbocycles. The first kappa shape index (κ1) is 16.8. The van der Waals surface area contributed by atoms with Crippen LogP contribution in [-0.4, -0.2) is 36.0 Å². The zero-order chi connectivity index (χ0) is 13.3. The Bertz CT molecular complexity index is 460. The van der Waals surface area contributed by atoms with E-state index < -0.39 is 0 Å². The average molecular weight is 368 g/mol. The van der Waals surface area contributed by atoms with Crippen molar-refractivity contribution in [3.05, 3.63) is 33.3 Å². The molecule has 1 N–H and O–H groups in total. The number of halogens is 3. The number of hydrogen-bond acceptors (Lipinski definition) is 2. The van der Waals surface area contributed by atoms with Crippen LogP contribution in [0.4, 0.5) is 0 Å². The van der Waals surface area contributed by atoms with Crippen molar-refractivity contribution < 1.29 is 4.79 Å². The molecule has 3 nitrogen and oxygen atoms in total. The molecule has 1 aromatic rings. The summed E-state index contributed by atoms with van der Waals surface area (Å²) < 4.78 is 0.808. The van der Waals surface area contributed by atoms with E-state index in [1.165, 1.54) is 0 Å². The van der Waals surface area contributed by atoms with E-state index in [9.17, 15) is 4.79 Å². The number of nitrogens with one attached hydrogen (secondary N) is 1. The molecule has 0 aliphatic carbocycles. The van der Waals surface area contributed by atoms with Gasteiger partial charge in [-0.1, -0.05) is 11.6 Å². The first-order valence-electron chi connectivity index (χ1n) is 5.97. The quantitative estimate of drug-likeness (QED) is 0.825. The van der Waals surface area contributed by atoms with Crippen LogP contribution in [0.2, 0.25) is 5.02 Å². The minimum Gasteiger partial charge on any atom is -0.336 e. The lowest BCUT2D eigenvalue weighted by molar-refractivity contribution is 0.0674. The fraction of sp³-hybridized carbons (Fsp3) is 0.462. The molecule has 1 aliphatic rings. The van der Waals surface area contributed by atoms with Crippen LogP contribution < -0.4 is 5.32 Å². The highest BCUT2D eigenvalue weighted by atomic mass is 79.9. The summed E-state index contributed by atoms with van der Waals surface area (Å²) in [6.45, 7) is 5.64. The number of nitrogens with zero attached hydrogens (tertiary/aromatic N) is 1. The van der Waals surface area contributed by atoms with Gasteiger partial charge in [-0.2, -0.15) is 0 Å². The minimum atomic E-state index is 0. The molecule has 2 atom stereocenters. The summed E-state index contributed by atoms with van der Waals surface area (Å²) in [6, 6.07) is 5.97. The Hall–Kier alpha value is -0.290. The molecule has 19 heavy (non-hydrogen) atoms.